The van der Waals surface area contributed by atoms with E-state index in [0.717, 1.165) is 11.3 Å². The normalized spacial score (nSPS) is 11.5. The van der Waals surface area contributed by atoms with E-state index in [0.29, 0.717) is 0 Å². The number of hydrogen-bond donors (Lipinski definition) is 0. The summed E-state index contributed by atoms with van der Waals surface area (Å²) in [6.45, 7) is 0. The van der Waals surface area contributed by atoms with Crippen molar-refractivity contribution in [2.24, 2.45) is 0 Å². The molecule has 0 spiro atoms. The van der Waals surface area contributed by atoms with E-state index < -0.39 is 0 Å². The molecular formula is C21H14N2. The van der Waals surface area contributed by atoms with Crippen LogP contribution in [0, 0.1) is 0 Å². The van der Waals surface area contributed by atoms with Crippen LogP contribution < -0.4 is 0 Å². The lowest BCUT2D eigenvalue weighted by Gasteiger charge is -2.10. The molecule has 5 aromatic rings. The van der Waals surface area contributed by atoms with Crippen molar-refractivity contribution in [3.8, 4) is 11.3 Å². The Morgan fingerprint density at radius 2 is 1.43 bits per heavy atom. The van der Waals surface area contributed by atoms with Crippen LogP contribution >= 0.6 is 0 Å². The number of nitrogens with zero attached hydrogens (tertiary/aromatic N) is 2. The summed E-state index contributed by atoms with van der Waals surface area (Å²) in [7, 11) is 0. The number of benzene rings is 3. The van der Waals surface area contributed by atoms with Crippen molar-refractivity contribution in [2.75, 3.05) is 0 Å². The smallest absolute Gasteiger partial charge is 0.137 e. The lowest BCUT2D eigenvalue weighted by atomic mass is 9.96. The fourth-order valence-electron chi connectivity index (χ4n) is 3.40. The second-order valence-electron chi connectivity index (χ2n) is 5.76. The highest BCUT2D eigenvalue weighted by Gasteiger charge is 2.11. The van der Waals surface area contributed by atoms with Gasteiger partial charge >= 0.3 is 0 Å². The molecule has 2 heteroatoms. The Bertz CT molecular complexity index is 1170. The quantitative estimate of drug-likeness (QED) is 0.383. The summed E-state index contributed by atoms with van der Waals surface area (Å²) >= 11 is 0. The van der Waals surface area contributed by atoms with Crippen molar-refractivity contribution < 1.29 is 0 Å². The van der Waals surface area contributed by atoms with Crippen LogP contribution in [-0.4, -0.2) is 9.38 Å². The van der Waals surface area contributed by atoms with E-state index >= 15 is 0 Å². The van der Waals surface area contributed by atoms with Crippen molar-refractivity contribution in [1.82, 2.24) is 9.38 Å². The van der Waals surface area contributed by atoms with E-state index in [-0.39, 0.29) is 0 Å². The minimum absolute atomic E-state index is 0.972. The summed E-state index contributed by atoms with van der Waals surface area (Å²) in [6, 6.07) is 25.5. The average molecular weight is 294 g/mol. The van der Waals surface area contributed by atoms with Crippen molar-refractivity contribution >= 4 is 27.2 Å². The Morgan fingerprint density at radius 1 is 0.696 bits per heavy atom. The fraction of sp³-hybridized carbons (Fsp3) is 0. The maximum Gasteiger partial charge on any atom is 0.137 e. The first-order valence-electron chi connectivity index (χ1n) is 7.75. The van der Waals surface area contributed by atoms with E-state index in [2.05, 4.69) is 70.2 Å². The highest BCUT2D eigenvalue weighted by Crippen LogP contribution is 2.34. The van der Waals surface area contributed by atoms with Crippen LogP contribution in [-0.2, 0) is 0 Å². The third kappa shape index (κ3) is 1.78. The summed E-state index contributed by atoms with van der Waals surface area (Å²) in [6.07, 6.45) is 4.04. The van der Waals surface area contributed by atoms with Crippen LogP contribution in [0.5, 0.6) is 0 Å². The zero-order valence-electron chi connectivity index (χ0n) is 12.5. The Hall–Kier alpha value is -3.13. The first kappa shape index (κ1) is 12.4. The standard InChI is InChI=1S/C21H14N2/c1-2-8-16-15(7-1)13-19(18-10-4-3-9-17(16)18)20-14-22-21-11-5-6-12-23(20)21/h1-14H. The number of imidazole rings is 1. The molecule has 0 aliphatic carbocycles. The van der Waals surface area contributed by atoms with Crippen LogP contribution in [0.2, 0.25) is 0 Å². The molecule has 108 valence electrons. The van der Waals surface area contributed by atoms with Gasteiger partial charge < -0.3 is 0 Å². The van der Waals surface area contributed by atoms with Gasteiger partial charge in [-0.15, -0.1) is 0 Å². The van der Waals surface area contributed by atoms with Gasteiger partial charge in [-0.25, -0.2) is 4.98 Å². The van der Waals surface area contributed by atoms with Gasteiger partial charge in [0.05, 0.1) is 11.9 Å². The van der Waals surface area contributed by atoms with Gasteiger partial charge in [0, 0.05) is 11.8 Å². The monoisotopic (exact) mass is 294 g/mol. The topological polar surface area (TPSA) is 17.3 Å². The Labute approximate surface area is 133 Å². The molecule has 2 nitrogen and oxygen atoms in total. The predicted octanol–water partition coefficient (Wildman–Crippen LogP) is 5.31. The van der Waals surface area contributed by atoms with E-state index in [1.54, 1.807) is 0 Å². The van der Waals surface area contributed by atoms with E-state index in [9.17, 15) is 0 Å². The summed E-state index contributed by atoms with van der Waals surface area (Å²) in [5.41, 5.74) is 3.32. The van der Waals surface area contributed by atoms with E-state index in [1.165, 1.54) is 27.1 Å². The molecular weight excluding hydrogens is 280 g/mol. The summed E-state index contributed by atoms with van der Waals surface area (Å²) in [4.78, 5) is 4.54. The number of aromatic nitrogens is 2. The summed E-state index contributed by atoms with van der Waals surface area (Å²) in [5.74, 6) is 0. The van der Waals surface area contributed by atoms with Gasteiger partial charge in [0.2, 0.25) is 0 Å². The van der Waals surface area contributed by atoms with Crippen LogP contribution in [0.3, 0.4) is 0 Å². The molecule has 3 aromatic carbocycles. The number of hydrogen-bond acceptors (Lipinski definition) is 1. The average Bonchev–Trinajstić information content (AvgIpc) is 3.05. The number of rotatable bonds is 1. The highest BCUT2D eigenvalue weighted by molar-refractivity contribution is 6.13. The second-order valence-corrected chi connectivity index (χ2v) is 5.76. The molecule has 0 aliphatic heterocycles. The molecule has 0 saturated heterocycles. The van der Waals surface area contributed by atoms with E-state index in [1.807, 2.05) is 24.4 Å². The van der Waals surface area contributed by atoms with Crippen molar-refractivity contribution in [2.45, 2.75) is 0 Å². The lowest BCUT2D eigenvalue weighted by molar-refractivity contribution is 1.19. The third-order valence-electron chi connectivity index (χ3n) is 4.46. The first-order valence-corrected chi connectivity index (χ1v) is 7.75. The molecule has 0 amide bonds. The van der Waals surface area contributed by atoms with Crippen molar-refractivity contribution in [1.29, 1.82) is 0 Å². The Balaban J connectivity index is 1.97. The second kappa shape index (κ2) is 4.68. The van der Waals surface area contributed by atoms with Gasteiger partial charge in [0.25, 0.3) is 0 Å². The molecule has 23 heavy (non-hydrogen) atoms. The summed E-state index contributed by atoms with van der Waals surface area (Å²) < 4.78 is 2.15. The SMILES string of the molecule is c1ccc2c(c1)cc(-c1cnc3ccccn13)c1ccccc12. The van der Waals surface area contributed by atoms with Crippen molar-refractivity contribution in [3.05, 3.63) is 85.2 Å². The third-order valence-corrected chi connectivity index (χ3v) is 4.46. The molecule has 2 heterocycles. The first-order chi connectivity index (χ1) is 11.4. The van der Waals surface area contributed by atoms with Crippen LogP contribution in [0.25, 0.3) is 38.4 Å². The van der Waals surface area contributed by atoms with Gasteiger partial charge in [-0.3, -0.25) is 4.40 Å². The number of fused-ring (bicyclic) bond motifs is 4. The van der Waals surface area contributed by atoms with Gasteiger partial charge in [0.1, 0.15) is 5.65 Å². The van der Waals surface area contributed by atoms with Crippen LogP contribution in [0.15, 0.2) is 85.2 Å². The largest absolute Gasteiger partial charge is 0.300 e. The van der Waals surface area contributed by atoms with Gasteiger partial charge in [-0.05, 0) is 39.7 Å². The molecule has 0 radical (unpaired) electrons. The molecule has 0 atom stereocenters. The van der Waals surface area contributed by atoms with Crippen molar-refractivity contribution in [3.63, 3.8) is 0 Å². The summed E-state index contributed by atoms with van der Waals surface area (Å²) in [5, 5.41) is 5.09. The van der Waals surface area contributed by atoms with Crippen LogP contribution in [0.4, 0.5) is 0 Å². The maximum absolute atomic E-state index is 4.54. The van der Waals surface area contributed by atoms with Crippen LogP contribution in [0.1, 0.15) is 0 Å². The predicted molar refractivity (Wildman–Crippen MR) is 95.6 cm³/mol. The molecule has 5 rings (SSSR count). The zero-order valence-corrected chi connectivity index (χ0v) is 12.5. The minimum Gasteiger partial charge on any atom is -0.300 e. The lowest BCUT2D eigenvalue weighted by Crippen LogP contribution is -1.89. The van der Waals surface area contributed by atoms with Gasteiger partial charge in [-0.1, -0.05) is 54.6 Å². The van der Waals surface area contributed by atoms with Gasteiger partial charge in [0.15, 0.2) is 0 Å². The Morgan fingerprint density at radius 3 is 2.35 bits per heavy atom. The fourth-order valence-corrected chi connectivity index (χ4v) is 3.40. The molecule has 0 N–H and O–H groups in total. The highest BCUT2D eigenvalue weighted by atomic mass is 15.0. The molecule has 0 saturated carbocycles. The molecule has 0 fully saturated rings. The zero-order chi connectivity index (χ0) is 15.2. The molecule has 0 bridgehead atoms. The number of pyridine rings is 1. The minimum atomic E-state index is 0.972. The Kier molecular flexibility index (Phi) is 2.53. The molecule has 0 unspecified atom stereocenters. The van der Waals surface area contributed by atoms with Gasteiger partial charge in [-0.2, -0.15) is 0 Å². The van der Waals surface area contributed by atoms with E-state index in [4.69, 9.17) is 0 Å². The maximum atomic E-state index is 4.54. The molecule has 2 aromatic heterocycles. The molecule has 0 aliphatic rings.